The highest BCUT2D eigenvalue weighted by Crippen LogP contribution is 2.28. The molecule has 0 N–H and O–H groups in total. The molecule has 5 rings (SSSR count). The number of hydrogen-bond acceptors (Lipinski definition) is 3. The van der Waals surface area contributed by atoms with Gasteiger partial charge in [-0.1, -0.05) is 115 Å². The van der Waals surface area contributed by atoms with Crippen LogP contribution < -0.4 is 0 Å². The van der Waals surface area contributed by atoms with Gasteiger partial charge in [0.1, 0.15) is 0 Å². The van der Waals surface area contributed by atoms with Gasteiger partial charge >= 0.3 is 0 Å². The van der Waals surface area contributed by atoms with Crippen molar-refractivity contribution in [2.24, 2.45) is 0 Å². The standard InChI is InChI=1S/C31H22N2O/c34-30(25-14-6-2-7-15-25)20-19-23-11-10-18-27(21-23)29-22-28(24-12-4-1-5-13-24)32-31(33-29)26-16-8-3-9-17-26/h1-22H. The van der Waals surface area contributed by atoms with Crippen LogP contribution in [-0.2, 0) is 0 Å². The minimum absolute atomic E-state index is 0.0224. The molecule has 0 unspecified atom stereocenters. The zero-order valence-corrected chi connectivity index (χ0v) is 18.5. The zero-order chi connectivity index (χ0) is 23.2. The Kier molecular flexibility index (Phi) is 6.17. The largest absolute Gasteiger partial charge is 0.289 e. The van der Waals surface area contributed by atoms with Crippen molar-refractivity contribution in [3.05, 3.63) is 139 Å². The van der Waals surface area contributed by atoms with Crippen LogP contribution >= 0.6 is 0 Å². The minimum Gasteiger partial charge on any atom is -0.289 e. The molecule has 0 saturated carbocycles. The van der Waals surface area contributed by atoms with Crippen molar-refractivity contribution in [1.82, 2.24) is 9.97 Å². The van der Waals surface area contributed by atoms with E-state index in [1.165, 1.54) is 0 Å². The van der Waals surface area contributed by atoms with E-state index in [-0.39, 0.29) is 5.78 Å². The van der Waals surface area contributed by atoms with Crippen molar-refractivity contribution in [3.63, 3.8) is 0 Å². The molecule has 0 bridgehead atoms. The number of hydrogen-bond donors (Lipinski definition) is 0. The molecule has 0 atom stereocenters. The Balaban J connectivity index is 1.53. The van der Waals surface area contributed by atoms with Gasteiger partial charge in [-0.05, 0) is 23.8 Å². The van der Waals surface area contributed by atoms with Crippen LogP contribution in [0.3, 0.4) is 0 Å². The number of carbonyl (C=O) groups excluding carboxylic acids is 1. The molecule has 3 nitrogen and oxygen atoms in total. The molecule has 1 aromatic heterocycles. The minimum atomic E-state index is -0.0224. The Bertz CT molecular complexity index is 1390. The average Bonchev–Trinajstić information content (AvgIpc) is 2.93. The predicted octanol–water partition coefficient (Wildman–Crippen LogP) is 7.37. The number of rotatable bonds is 6. The summed E-state index contributed by atoms with van der Waals surface area (Å²) >= 11 is 0. The molecule has 0 aliphatic heterocycles. The van der Waals surface area contributed by atoms with Crippen LogP contribution in [0.4, 0.5) is 0 Å². The van der Waals surface area contributed by atoms with Gasteiger partial charge in [-0.25, -0.2) is 9.97 Å². The van der Waals surface area contributed by atoms with Gasteiger partial charge in [-0.2, -0.15) is 0 Å². The summed E-state index contributed by atoms with van der Waals surface area (Å²) in [7, 11) is 0. The van der Waals surface area contributed by atoms with E-state index in [4.69, 9.17) is 9.97 Å². The Morgan fingerprint density at radius 3 is 1.79 bits per heavy atom. The Morgan fingerprint density at radius 2 is 1.12 bits per heavy atom. The second kappa shape index (κ2) is 9.88. The number of benzene rings is 4. The summed E-state index contributed by atoms with van der Waals surface area (Å²) in [6, 6.07) is 39.4. The van der Waals surface area contributed by atoms with Crippen molar-refractivity contribution in [2.45, 2.75) is 0 Å². The molecule has 0 amide bonds. The maximum atomic E-state index is 12.5. The lowest BCUT2D eigenvalue weighted by Crippen LogP contribution is -1.96. The molecule has 0 fully saturated rings. The van der Waals surface area contributed by atoms with Gasteiger partial charge < -0.3 is 0 Å². The van der Waals surface area contributed by atoms with Gasteiger partial charge in [0.25, 0.3) is 0 Å². The van der Waals surface area contributed by atoms with E-state index in [9.17, 15) is 4.79 Å². The highest BCUT2D eigenvalue weighted by atomic mass is 16.1. The fourth-order valence-electron chi connectivity index (χ4n) is 3.74. The molecule has 0 saturated heterocycles. The van der Waals surface area contributed by atoms with Gasteiger partial charge in [-0.15, -0.1) is 0 Å². The third-order valence-corrected chi connectivity index (χ3v) is 5.50. The van der Waals surface area contributed by atoms with Crippen molar-refractivity contribution in [3.8, 4) is 33.9 Å². The smallest absolute Gasteiger partial charge is 0.185 e. The highest BCUT2D eigenvalue weighted by Gasteiger charge is 2.10. The molecule has 0 radical (unpaired) electrons. The molecule has 1 heterocycles. The summed E-state index contributed by atoms with van der Waals surface area (Å²) in [6.07, 6.45) is 3.45. The van der Waals surface area contributed by atoms with Crippen molar-refractivity contribution in [1.29, 1.82) is 0 Å². The molecule has 0 aliphatic carbocycles. The van der Waals surface area contributed by atoms with E-state index in [0.29, 0.717) is 11.4 Å². The number of aromatic nitrogens is 2. The number of nitrogens with zero attached hydrogens (tertiary/aromatic N) is 2. The number of allylic oxidation sites excluding steroid dienone is 1. The Hall–Kier alpha value is -4.63. The molecule has 162 valence electrons. The van der Waals surface area contributed by atoms with Gasteiger partial charge in [0.2, 0.25) is 0 Å². The van der Waals surface area contributed by atoms with Crippen LogP contribution in [0.25, 0.3) is 40.0 Å². The number of ketones is 1. The SMILES string of the molecule is O=C(C=Cc1cccc(-c2cc(-c3ccccc3)nc(-c3ccccc3)n2)c1)c1ccccc1. The topological polar surface area (TPSA) is 42.9 Å². The van der Waals surface area contributed by atoms with Crippen molar-refractivity contribution >= 4 is 11.9 Å². The van der Waals surface area contributed by atoms with E-state index in [1.54, 1.807) is 6.08 Å². The normalized spacial score (nSPS) is 10.9. The summed E-state index contributed by atoms with van der Waals surface area (Å²) in [5.74, 6) is 0.655. The van der Waals surface area contributed by atoms with Crippen LogP contribution in [0.2, 0.25) is 0 Å². The lowest BCUT2D eigenvalue weighted by Gasteiger charge is -2.10. The molecule has 0 spiro atoms. The zero-order valence-electron chi connectivity index (χ0n) is 18.5. The average molecular weight is 439 g/mol. The van der Waals surface area contributed by atoms with Crippen molar-refractivity contribution in [2.75, 3.05) is 0 Å². The Labute approximate surface area is 199 Å². The maximum absolute atomic E-state index is 12.5. The van der Waals surface area contributed by atoms with Crippen LogP contribution in [0.1, 0.15) is 15.9 Å². The van der Waals surface area contributed by atoms with Gasteiger partial charge in [-0.3, -0.25) is 4.79 Å². The molecular weight excluding hydrogens is 416 g/mol. The first-order valence-electron chi connectivity index (χ1n) is 11.1. The van der Waals surface area contributed by atoms with Crippen LogP contribution in [-0.4, -0.2) is 15.8 Å². The summed E-state index contributed by atoms with van der Waals surface area (Å²) in [4.78, 5) is 22.2. The van der Waals surface area contributed by atoms with Crippen LogP contribution in [0, 0.1) is 0 Å². The molecular formula is C31H22N2O. The quantitative estimate of drug-likeness (QED) is 0.205. The molecule has 0 aliphatic rings. The summed E-state index contributed by atoms with van der Waals surface area (Å²) in [6.45, 7) is 0. The lowest BCUT2D eigenvalue weighted by atomic mass is 10.0. The fourth-order valence-corrected chi connectivity index (χ4v) is 3.74. The van der Waals surface area contributed by atoms with Gasteiger partial charge in [0.15, 0.2) is 11.6 Å². The van der Waals surface area contributed by atoms with Crippen LogP contribution in [0.15, 0.2) is 127 Å². The van der Waals surface area contributed by atoms with E-state index >= 15 is 0 Å². The van der Waals surface area contributed by atoms with E-state index in [1.807, 2.05) is 115 Å². The van der Waals surface area contributed by atoms with Crippen molar-refractivity contribution < 1.29 is 4.79 Å². The van der Waals surface area contributed by atoms with Gasteiger partial charge in [0, 0.05) is 22.3 Å². The summed E-state index contributed by atoms with van der Waals surface area (Å²) in [5.41, 5.74) is 6.26. The fraction of sp³-hybridized carbons (Fsp3) is 0. The summed E-state index contributed by atoms with van der Waals surface area (Å²) < 4.78 is 0. The highest BCUT2D eigenvalue weighted by molar-refractivity contribution is 6.06. The molecule has 34 heavy (non-hydrogen) atoms. The lowest BCUT2D eigenvalue weighted by molar-refractivity contribution is 0.104. The monoisotopic (exact) mass is 438 g/mol. The molecule has 4 aromatic carbocycles. The maximum Gasteiger partial charge on any atom is 0.185 e. The third-order valence-electron chi connectivity index (χ3n) is 5.50. The third kappa shape index (κ3) is 4.89. The van der Waals surface area contributed by atoms with Gasteiger partial charge in [0.05, 0.1) is 11.4 Å². The molecule has 3 heteroatoms. The van der Waals surface area contributed by atoms with E-state index in [0.717, 1.165) is 33.6 Å². The second-order valence-corrected chi connectivity index (χ2v) is 7.88. The predicted molar refractivity (Wildman–Crippen MR) is 138 cm³/mol. The van der Waals surface area contributed by atoms with Crippen LogP contribution in [0.5, 0.6) is 0 Å². The first-order chi connectivity index (χ1) is 16.8. The van der Waals surface area contributed by atoms with E-state index < -0.39 is 0 Å². The summed E-state index contributed by atoms with van der Waals surface area (Å²) in [5, 5.41) is 0. The van der Waals surface area contributed by atoms with E-state index in [2.05, 4.69) is 12.1 Å². The number of carbonyl (C=O) groups is 1. The second-order valence-electron chi connectivity index (χ2n) is 7.88. The first-order valence-corrected chi connectivity index (χ1v) is 11.1. The molecule has 5 aromatic rings. The first kappa shape index (κ1) is 21.2. The Morgan fingerprint density at radius 1 is 0.559 bits per heavy atom.